The second-order valence-electron chi connectivity index (χ2n) is 7.58. The highest BCUT2D eigenvalue weighted by Crippen LogP contribution is 2.34. The summed E-state index contributed by atoms with van der Waals surface area (Å²) in [6.45, 7) is 4.54. The molecule has 1 aromatic heterocycles. The fraction of sp³-hybridized carbons (Fsp3) is 0.320. The second kappa shape index (κ2) is 11.6. The summed E-state index contributed by atoms with van der Waals surface area (Å²) in [5.74, 6) is 0.540. The topological polar surface area (TPSA) is 104 Å². The molecular formula is C25H29N3O4S. The van der Waals surface area contributed by atoms with Crippen LogP contribution in [0.1, 0.15) is 52.9 Å². The molecule has 7 nitrogen and oxygen atoms in total. The van der Waals surface area contributed by atoms with Crippen LogP contribution in [0.5, 0.6) is 11.5 Å². The molecule has 0 aliphatic rings. The summed E-state index contributed by atoms with van der Waals surface area (Å²) in [6.07, 6.45) is 0.269. The molecule has 1 unspecified atom stereocenters. The number of aryl methyl sites for hydroxylation is 1. The maximum absolute atomic E-state index is 13.2. The van der Waals surface area contributed by atoms with Gasteiger partial charge in [0.15, 0.2) is 22.4 Å². The lowest BCUT2D eigenvalue weighted by atomic mass is 9.87. The van der Waals surface area contributed by atoms with Crippen molar-refractivity contribution in [3.63, 3.8) is 0 Å². The maximum atomic E-state index is 13.2. The van der Waals surface area contributed by atoms with E-state index in [0.29, 0.717) is 28.8 Å². The number of nitrogens with one attached hydrogen (secondary N) is 1. The third-order valence-corrected chi connectivity index (χ3v) is 6.10. The molecule has 0 spiro atoms. The number of amides is 1. The average molecular weight is 468 g/mol. The number of aromatic nitrogens is 1. The Hall–Kier alpha value is -3.23. The van der Waals surface area contributed by atoms with Crippen LogP contribution in [0.2, 0.25) is 0 Å². The van der Waals surface area contributed by atoms with Crippen molar-refractivity contribution in [2.45, 2.75) is 39.2 Å². The van der Waals surface area contributed by atoms with Crippen molar-refractivity contribution in [2.24, 2.45) is 5.73 Å². The minimum absolute atomic E-state index is 0.0632. The normalized spacial score (nSPS) is 11.6. The predicted octanol–water partition coefficient (Wildman–Crippen LogP) is 4.70. The van der Waals surface area contributed by atoms with E-state index in [-0.39, 0.29) is 37.0 Å². The first-order valence-corrected chi connectivity index (χ1v) is 11.7. The number of carbonyl (C=O) groups is 2. The van der Waals surface area contributed by atoms with Gasteiger partial charge >= 0.3 is 0 Å². The molecule has 3 aromatic rings. The zero-order valence-corrected chi connectivity index (χ0v) is 19.9. The Balaban J connectivity index is 1.88. The molecule has 0 aliphatic heterocycles. The van der Waals surface area contributed by atoms with Crippen LogP contribution in [-0.2, 0) is 11.3 Å². The van der Waals surface area contributed by atoms with Crippen LogP contribution in [0, 0.1) is 6.92 Å². The number of benzene rings is 2. The third-order valence-electron chi connectivity index (χ3n) is 5.23. The molecule has 1 atom stereocenters. The molecule has 3 N–H and O–H groups in total. The van der Waals surface area contributed by atoms with Crippen molar-refractivity contribution in [2.75, 3.05) is 19.0 Å². The lowest BCUT2D eigenvalue weighted by molar-refractivity contribution is -0.116. The molecular weight excluding hydrogens is 438 g/mol. The Morgan fingerprint density at radius 2 is 1.94 bits per heavy atom. The molecule has 1 heterocycles. The van der Waals surface area contributed by atoms with Crippen LogP contribution in [0.15, 0.2) is 47.8 Å². The molecule has 0 radical (unpaired) electrons. The van der Waals surface area contributed by atoms with Gasteiger partial charge in [-0.1, -0.05) is 30.3 Å². The van der Waals surface area contributed by atoms with Crippen molar-refractivity contribution < 1.29 is 19.1 Å². The standard InChI is InChI=1S/C25H29N3O4S/c1-4-32-22-10-9-17(12-23(22)31-3)19(13-24(30)28-25-27-16(2)15-33-25)11-21(29)20-8-6-5-7-18(20)14-26/h5-10,12,15,19H,4,11,13-14,26H2,1-3H3,(H,27,28,30). The highest BCUT2D eigenvalue weighted by atomic mass is 32.1. The number of nitrogens with zero attached hydrogens (tertiary/aromatic N) is 1. The lowest BCUT2D eigenvalue weighted by Gasteiger charge is -2.19. The first-order valence-electron chi connectivity index (χ1n) is 10.8. The van der Waals surface area contributed by atoms with Crippen LogP contribution in [0.4, 0.5) is 5.13 Å². The van der Waals surface area contributed by atoms with E-state index in [1.54, 1.807) is 13.2 Å². The molecule has 0 fully saturated rings. The van der Waals surface area contributed by atoms with Gasteiger partial charge in [0.25, 0.3) is 0 Å². The Bertz CT molecular complexity index is 1110. The minimum Gasteiger partial charge on any atom is -0.493 e. The van der Waals surface area contributed by atoms with E-state index in [1.807, 2.05) is 55.6 Å². The third kappa shape index (κ3) is 6.40. The van der Waals surface area contributed by atoms with Crippen molar-refractivity contribution in [3.05, 3.63) is 70.2 Å². The Labute approximate surface area is 197 Å². The molecule has 174 valence electrons. The number of thiazole rings is 1. The number of nitrogens with two attached hydrogens (primary N) is 1. The molecule has 2 aromatic carbocycles. The fourth-order valence-electron chi connectivity index (χ4n) is 3.63. The summed E-state index contributed by atoms with van der Waals surface area (Å²) < 4.78 is 11.1. The number of rotatable bonds is 11. The van der Waals surface area contributed by atoms with E-state index < -0.39 is 0 Å². The van der Waals surface area contributed by atoms with E-state index in [0.717, 1.165) is 16.8 Å². The highest BCUT2D eigenvalue weighted by molar-refractivity contribution is 7.13. The Morgan fingerprint density at radius 3 is 2.61 bits per heavy atom. The molecule has 33 heavy (non-hydrogen) atoms. The monoisotopic (exact) mass is 467 g/mol. The fourth-order valence-corrected chi connectivity index (χ4v) is 4.33. The summed E-state index contributed by atoms with van der Waals surface area (Å²) in [4.78, 5) is 30.4. The summed E-state index contributed by atoms with van der Waals surface area (Å²) in [6, 6.07) is 12.8. The van der Waals surface area contributed by atoms with Gasteiger partial charge in [0.05, 0.1) is 19.4 Å². The summed E-state index contributed by atoms with van der Waals surface area (Å²) in [5.41, 5.74) is 8.86. The number of ether oxygens (including phenoxy) is 2. The highest BCUT2D eigenvalue weighted by Gasteiger charge is 2.23. The first-order chi connectivity index (χ1) is 15.9. The first kappa shape index (κ1) is 24.4. The lowest BCUT2D eigenvalue weighted by Crippen LogP contribution is -2.19. The van der Waals surface area contributed by atoms with Crippen LogP contribution in [-0.4, -0.2) is 30.4 Å². The molecule has 0 bridgehead atoms. The molecule has 1 amide bonds. The van der Waals surface area contributed by atoms with Crippen LogP contribution < -0.4 is 20.5 Å². The molecule has 0 saturated carbocycles. The van der Waals surface area contributed by atoms with E-state index in [1.165, 1.54) is 11.3 Å². The molecule has 3 rings (SSSR count). The van der Waals surface area contributed by atoms with Gasteiger partial charge in [-0.2, -0.15) is 0 Å². The summed E-state index contributed by atoms with van der Waals surface area (Å²) >= 11 is 1.37. The van der Waals surface area contributed by atoms with Gasteiger partial charge in [-0.25, -0.2) is 4.98 Å². The van der Waals surface area contributed by atoms with E-state index >= 15 is 0 Å². The minimum atomic E-state index is -0.367. The van der Waals surface area contributed by atoms with Gasteiger partial charge in [0.2, 0.25) is 5.91 Å². The summed E-state index contributed by atoms with van der Waals surface area (Å²) in [7, 11) is 1.57. The Kier molecular flexibility index (Phi) is 8.57. The Morgan fingerprint density at radius 1 is 1.15 bits per heavy atom. The van der Waals surface area contributed by atoms with Crippen molar-refractivity contribution >= 4 is 28.2 Å². The SMILES string of the molecule is CCOc1ccc(C(CC(=O)Nc2nc(C)cs2)CC(=O)c2ccccc2CN)cc1OC. The van der Waals surface area contributed by atoms with Gasteiger partial charge in [-0.15, -0.1) is 11.3 Å². The van der Waals surface area contributed by atoms with Crippen molar-refractivity contribution in [1.29, 1.82) is 0 Å². The summed E-state index contributed by atoms with van der Waals surface area (Å²) in [5, 5.41) is 5.25. The zero-order valence-electron chi connectivity index (χ0n) is 19.1. The zero-order chi connectivity index (χ0) is 23.8. The number of methoxy groups -OCH3 is 1. The van der Waals surface area contributed by atoms with Crippen LogP contribution >= 0.6 is 11.3 Å². The smallest absolute Gasteiger partial charge is 0.226 e. The van der Waals surface area contributed by atoms with E-state index in [4.69, 9.17) is 15.2 Å². The molecule has 0 aliphatic carbocycles. The predicted molar refractivity (Wildman–Crippen MR) is 130 cm³/mol. The van der Waals surface area contributed by atoms with Crippen molar-refractivity contribution in [1.82, 2.24) is 4.98 Å². The number of carbonyl (C=O) groups excluding carboxylic acids is 2. The van der Waals surface area contributed by atoms with Gasteiger partial charge in [-0.05, 0) is 43.0 Å². The number of ketones is 1. The van der Waals surface area contributed by atoms with Gasteiger partial charge in [-0.3, -0.25) is 9.59 Å². The number of hydrogen-bond acceptors (Lipinski definition) is 7. The maximum Gasteiger partial charge on any atom is 0.226 e. The van der Waals surface area contributed by atoms with E-state index in [9.17, 15) is 9.59 Å². The number of hydrogen-bond donors (Lipinski definition) is 2. The number of Topliss-reactive ketones (excluding diaryl/α,β-unsaturated/α-hetero) is 1. The second-order valence-corrected chi connectivity index (χ2v) is 8.43. The largest absolute Gasteiger partial charge is 0.493 e. The number of anilines is 1. The quantitative estimate of drug-likeness (QED) is 0.396. The van der Waals surface area contributed by atoms with Gasteiger partial charge < -0.3 is 20.5 Å². The van der Waals surface area contributed by atoms with Gasteiger partial charge in [0, 0.05) is 30.3 Å². The van der Waals surface area contributed by atoms with Crippen molar-refractivity contribution in [3.8, 4) is 11.5 Å². The molecule has 0 saturated heterocycles. The van der Waals surface area contributed by atoms with Crippen LogP contribution in [0.25, 0.3) is 0 Å². The van der Waals surface area contributed by atoms with Crippen LogP contribution in [0.3, 0.4) is 0 Å². The van der Waals surface area contributed by atoms with Gasteiger partial charge in [0.1, 0.15) is 0 Å². The average Bonchev–Trinajstić information content (AvgIpc) is 3.23. The molecule has 8 heteroatoms. The van der Waals surface area contributed by atoms with E-state index in [2.05, 4.69) is 10.3 Å².